The Bertz CT molecular complexity index is 408. The number of hydrogen-bond acceptors (Lipinski definition) is 5. The number of pyridine rings is 1. The Morgan fingerprint density at radius 2 is 2.35 bits per heavy atom. The molecule has 5 nitrogen and oxygen atoms in total. The molecule has 1 heterocycles. The molecule has 2 unspecified atom stereocenters. The van der Waals surface area contributed by atoms with Gasteiger partial charge in [0.25, 0.3) is 0 Å². The molecule has 1 aromatic rings. The Balaban J connectivity index is 2.08. The van der Waals surface area contributed by atoms with Crippen molar-refractivity contribution in [2.24, 2.45) is 5.73 Å². The Labute approximate surface area is 99.9 Å². The molecule has 17 heavy (non-hydrogen) atoms. The zero-order valence-corrected chi connectivity index (χ0v) is 9.76. The molecule has 92 valence electrons. The van der Waals surface area contributed by atoms with Crippen molar-refractivity contribution >= 4 is 5.97 Å². The van der Waals surface area contributed by atoms with Gasteiger partial charge in [0.1, 0.15) is 11.9 Å². The van der Waals surface area contributed by atoms with Crippen molar-refractivity contribution < 1.29 is 14.3 Å². The second-order valence-electron chi connectivity index (χ2n) is 4.12. The number of carbonyl (C=O) groups is 1. The van der Waals surface area contributed by atoms with Crippen LogP contribution >= 0.6 is 0 Å². The van der Waals surface area contributed by atoms with Gasteiger partial charge in [-0.1, -0.05) is 0 Å². The van der Waals surface area contributed by atoms with E-state index in [4.69, 9.17) is 10.5 Å². The van der Waals surface area contributed by atoms with Gasteiger partial charge in [-0.05, 0) is 25.3 Å². The Hall–Kier alpha value is -1.62. The Morgan fingerprint density at radius 1 is 1.53 bits per heavy atom. The summed E-state index contributed by atoms with van der Waals surface area (Å²) in [4.78, 5) is 15.2. The van der Waals surface area contributed by atoms with E-state index in [-0.39, 0.29) is 17.8 Å². The van der Waals surface area contributed by atoms with Crippen LogP contribution in [-0.2, 0) is 4.74 Å². The predicted molar refractivity (Wildman–Crippen MR) is 61.8 cm³/mol. The van der Waals surface area contributed by atoms with Crippen molar-refractivity contribution in [2.45, 2.75) is 31.4 Å². The third-order valence-corrected chi connectivity index (χ3v) is 2.92. The largest absolute Gasteiger partial charge is 0.489 e. The molecule has 0 amide bonds. The van der Waals surface area contributed by atoms with Gasteiger partial charge in [0.05, 0.1) is 7.11 Å². The van der Waals surface area contributed by atoms with E-state index >= 15 is 0 Å². The van der Waals surface area contributed by atoms with Gasteiger partial charge >= 0.3 is 5.97 Å². The zero-order valence-electron chi connectivity index (χ0n) is 9.76. The van der Waals surface area contributed by atoms with E-state index in [1.807, 2.05) is 0 Å². The van der Waals surface area contributed by atoms with Crippen LogP contribution in [0.5, 0.6) is 5.75 Å². The molecule has 1 aromatic heterocycles. The standard InChI is InChI=1S/C12H16N2O3/c1-16-12(15)10-7-8(5-6-14-10)17-11-4-2-3-9(11)13/h5-7,9,11H,2-4,13H2,1H3. The molecule has 1 saturated carbocycles. The van der Waals surface area contributed by atoms with E-state index in [0.29, 0.717) is 5.75 Å². The quantitative estimate of drug-likeness (QED) is 0.796. The van der Waals surface area contributed by atoms with Crippen molar-refractivity contribution in [3.05, 3.63) is 24.0 Å². The maximum Gasteiger partial charge on any atom is 0.356 e. The number of esters is 1. The minimum absolute atomic E-state index is 0.0305. The maximum absolute atomic E-state index is 11.3. The van der Waals surface area contributed by atoms with Crippen LogP contribution in [0.15, 0.2) is 18.3 Å². The number of hydrogen-bond donors (Lipinski definition) is 1. The van der Waals surface area contributed by atoms with Gasteiger partial charge in [-0.2, -0.15) is 0 Å². The topological polar surface area (TPSA) is 74.4 Å². The highest BCUT2D eigenvalue weighted by Gasteiger charge is 2.25. The minimum Gasteiger partial charge on any atom is -0.489 e. The fraction of sp³-hybridized carbons (Fsp3) is 0.500. The first-order valence-electron chi connectivity index (χ1n) is 5.67. The summed E-state index contributed by atoms with van der Waals surface area (Å²) >= 11 is 0. The molecule has 1 aliphatic rings. The SMILES string of the molecule is COC(=O)c1cc(OC2CCCC2N)ccn1. The number of ether oxygens (including phenoxy) is 2. The molecular formula is C12H16N2O3. The van der Waals surface area contributed by atoms with Gasteiger partial charge in [-0.3, -0.25) is 0 Å². The molecule has 2 rings (SSSR count). The predicted octanol–water partition coefficient (Wildman–Crippen LogP) is 1.13. The van der Waals surface area contributed by atoms with E-state index in [9.17, 15) is 4.79 Å². The van der Waals surface area contributed by atoms with Crippen molar-refractivity contribution in [1.82, 2.24) is 4.98 Å². The first kappa shape index (κ1) is 11.9. The van der Waals surface area contributed by atoms with E-state index < -0.39 is 5.97 Å². The molecule has 2 N–H and O–H groups in total. The summed E-state index contributed by atoms with van der Waals surface area (Å²) in [5, 5.41) is 0. The molecule has 2 atom stereocenters. The monoisotopic (exact) mass is 236 g/mol. The number of nitrogens with zero attached hydrogens (tertiary/aromatic N) is 1. The second-order valence-corrected chi connectivity index (χ2v) is 4.12. The van der Waals surface area contributed by atoms with Crippen molar-refractivity contribution in [1.29, 1.82) is 0 Å². The summed E-state index contributed by atoms with van der Waals surface area (Å²) < 4.78 is 10.4. The van der Waals surface area contributed by atoms with E-state index in [0.717, 1.165) is 19.3 Å². The van der Waals surface area contributed by atoms with Crippen LogP contribution in [0.2, 0.25) is 0 Å². The summed E-state index contributed by atoms with van der Waals surface area (Å²) in [6.45, 7) is 0. The van der Waals surface area contributed by atoms with Crippen molar-refractivity contribution in [3.63, 3.8) is 0 Å². The summed E-state index contributed by atoms with van der Waals surface area (Å²) in [6, 6.07) is 3.37. The Morgan fingerprint density at radius 3 is 3.00 bits per heavy atom. The van der Waals surface area contributed by atoms with E-state index in [1.165, 1.54) is 13.3 Å². The highest BCUT2D eigenvalue weighted by atomic mass is 16.5. The normalized spacial score (nSPS) is 23.4. The van der Waals surface area contributed by atoms with Crippen LogP contribution in [0.3, 0.4) is 0 Å². The van der Waals surface area contributed by atoms with Crippen molar-refractivity contribution in [3.8, 4) is 5.75 Å². The average Bonchev–Trinajstić information content (AvgIpc) is 2.74. The van der Waals surface area contributed by atoms with Gasteiger partial charge in [0.2, 0.25) is 0 Å². The molecule has 0 spiro atoms. The summed E-state index contributed by atoms with van der Waals surface area (Å²) in [5.74, 6) is 0.147. The molecule has 1 aliphatic carbocycles. The summed E-state index contributed by atoms with van der Waals surface area (Å²) in [6.07, 6.45) is 4.59. The highest BCUT2D eigenvalue weighted by molar-refractivity contribution is 5.87. The lowest BCUT2D eigenvalue weighted by Crippen LogP contribution is -2.33. The van der Waals surface area contributed by atoms with Gasteiger partial charge in [0, 0.05) is 18.3 Å². The maximum atomic E-state index is 11.3. The van der Waals surface area contributed by atoms with Crippen LogP contribution in [0.1, 0.15) is 29.8 Å². The lowest BCUT2D eigenvalue weighted by molar-refractivity contribution is 0.0593. The van der Waals surface area contributed by atoms with Gasteiger partial charge in [0.15, 0.2) is 5.69 Å². The molecule has 0 aliphatic heterocycles. The smallest absolute Gasteiger partial charge is 0.356 e. The molecular weight excluding hydrogens is 220 g/mol. The second kappa shape index (κ2) is 5.14. The van der Waals surface area contributed by atoms with Crippen LogP contribution < -0.4 is 10.5 Å². The van der Waals surface area contributed by atoms with E-state index in [1.54, 1.807) is 12.1 Å². The van der Waals surface area contributed by atoms with Crippen LogP contribution in [0.4, 0.5) is 0 Å². The third-order valence-electron chi connectivity index (χ3n) is 2.92. The van der Waals surface area contributed by atoms with Gasteiger partial charge < -0.3 is 15.2 Å². The minimum atomic E-state index is -0.467. The zero-order chi connectivity index (χ0) is 12.3. The number of carbonyl (C=O) groups excluding carboxylic acids is 1. The Kier molecular flexibility index (Phi) is 3.58. The number of aromatic nitrogens is 1. The lowest BCUT2D eigenvalue weighted by atomic mass is 10.2. The van der Waals surface area contributed by atoms with Gasteiger partial charge in [-0.25, -0.2) is 9.78 Å². The number of nitrogens with two attached hydrogens (primary N) is 1. The molecule has 1 fully saturated rings. The summed E-state index contributed by atoms with van der Waals surface area (Å²) in [7, 11) is 1.32. The van der Waals surface area contributed by atoms with Gasteiger partial charge in [-0.15, -0.1) is 0 Å². The molecule has 0 radical (unpaired) electrons. The van der Waals surface area contributed by atoms with Crippen molar-refractivity contribution in [2.75, 3.05) is 7.11 Å². The first-order chi connectivity index (χ1) is 8.20. The van der Waals surface area contributed by atoms with E-state index in [2.05, 4.69) is 9.72 Å². The molecule has 0 bridgehead atoms. The fourth-order valence-electron chi connectivity index (χ4n) is 1.98. The highest BCUT2D eigenvalue weighted by Crippen LogP contribution is 2.23. The first-order valence-corrected chi connectivity index (χ1v) is 5.67. The van der Waals surface area contributed by atoms with Crippen LogP contribution in [0.25, 0.3) is 0 Å². The molecule has 0 aromatic carbocycles. The number of methoxy groups -OCH3 is 1. The molecule has 5 heteroatoms. The summed E-state index contributed by atoms with van der Waals surface area (Å²) in [5.41, 5.74) is 6.17. The number of rotatable bonds is 3. The molecule has 0 saturated heterocycles. The fourth-order valence-corrected chi connectivity index (χ4v) is 1.98. The average molecular weight is 236 g/mol. The lowest BCUT2D eigenvalue weighted by Gasteiger charge is -2.17. The van der Waals surface area contributed by atoms with Crippen LogP contribution in [-0.4, -0.2) is 30.2 Å². The third kappa shape index (κ3) is 2.74. The van der Waals surface area contributed by atoms with Crippen LogP contribution in [0, 0.1) is 0 Å².